The molecule has 2 nitrogen and oxygen atoms in total. The lowest BCUT2D eigenvalue weighted by Gasteiger charge is -2.52. The van der Waals surface area contributed by atoms with Crippen molar-refractivity contribution in [3.8, 4) is 11.1 Å². The summed E-state index contributed by atoms with van der Waals surface area (Å²) in [6, 6.07) is 0. The third-order valence-electron chi connectivity index (χ3n) is 20.8. The van der Waals surface area contributed by atoms with Gasteiger partial charge in [-0.05, 0) is 358 Å². The number of rotatable bonds is 6. The highest BCUT2D eigenvalue weighted by molar-refractivity contribution is 5.98. The first-order valence-electron chi connectivity index (χ1n) is 26.3. The van der Waals surface area contributed by atoms with Crippen LogP contribution >= 0.6 is 0 Å². The summed E-state index contributed by atoms with van der Waals surface area (Å²) >= 11 is 0. The van der Waals surface area contributed by atoms with Crippen molar-refractivity contribution in [3.05, 3.63) is 156 Å². The zero-order valence-electron chi connectivity index (χ0n) is 49.9. The predicted octanol–water partition coefficient (Wildman–Crippen LogP) is 19.9. The zero-order valence-corrected chi connectivity index (χ0v) is 49.9. The first-order valence-corrected chi connectivity index (χ1v) is 26.3. The second kappa shape index (κ2) is 17.3. The minimum absolute atomic E-state index is 0.259. The third-order valence-corrected chi connectivity index (χ3v) is 20.8. The molecule has 0 aromatic heterocycles. The molecule has 0 heterocycles. The fourth-order valence-corrected chi connectivity index (χ4v) is 13.7. The van der Waals surface area contributed by atoms with Gasteiger partial charge in [0.15, 0.2) is 0 Å². The Morgan fingerprint density at radius 3 is 0.471 bits per heavy atom. The van der Waals surface area contributed by atoms with Crippen LogP contribution in [-0.2, 0) is 10.8 Å². The second-order valence-electron chi connectivity index (χ2n) is 23.8. The molecule has 1 aliphatic rings. The maximum atomic E-state index is 2.75. The van der Waals surface area contributed by atoms with Gasteiger partial charge in [-0.25, -0.2) is 0 Å². The molecular formula is C68H90N2. The molecule has 372 valence electrons. The van der Waals surface area contributed by atoms with Crippen molar-refractivity contribution < 1.29 is 0 Å². The van der Waals surface area contributed by atoms with Gasteiger partial charge in [0.05, 0.1) is 34.1 Å². The molecule has 2 heteroatoms. The molecule has 70 heavy (non-hydrogen) atoms. The number of benzene rings is 6. The topological polar surface area (TPSA) is 6.48 Å². The normalized spacial score (nSPS) is 13.8. The van der Waals surface area contributed by atoms with Crippen molar-refractivity contribution in [2.75, 3.05) is 9.80 Å². The smallest absolute Gasteiger partial charge is 0.0526 e. The average molecular weight is 935 g/mol. The van der Waals surface area contributed by atoms with Crippen molar-refractivity contribution in [2.45, 2.75) is 219 Å². The largest absolute Gasteiger partial charge is 0.309 e. The van der Waals surface area contributed by atoms with Gasteiger partial charge in [-0.1, -0.05) is 27.7 Å². The first kappa shape index (κ1) is 52.7. The molecule has 0 aliphatic heterocycles. The Hall–Kier alpha value is -5.08. The molecule has 0 spiro atoms. The van der Waals surface area contributed by atoms with Gasteiger partial charge >= 0.3 is 0 Å². The van der Waals surface area contributed by atoms with Crippen molar-refractivity contribution in [1.29, 1.82) is 0 Å². The van der Waals surface area contributed by atoms with Crippen LogP contribution in [0.5, 0.6) is 0 Å². The molecule has 0 fully saturated rings. The monoisotopic (exact) mass is 935 g/mol. The van der Waals surface area contributed by atoms with Gasteiger partial charge in [0.1, 0.15) is 0 Å². The molecule has 0 saturated heterocycles. The number of nitrogens with zero attached hydrogens (tertiary/aromatic N) is 2. The van der Waals surface area contributed by atoms with E-state index >= 15 is 0 Å². The van der Waals surface area contributed by atoms with Crippen LogP contribution in [0.3, 0.4) is 0 Å². The molecule has 0 radical (unpaired) electrons. The van der Waals surface area contributed by atoms with Crippen molar-refractivity contribution in [2.24, 2.45) is 0 Å². The maximum absolute atomic E-state index is 2.75. The highest BCUT2D eigenvalue weighted by Gasteiger charge is 2.51. The van der Waals surface area contributed by atoms with Gasteiger partial charge in [0, 0.05) is 0 Å². The first-order chi connectivity index (χ1) is 32.2. The van der Waals surface area contributed by atoms with Crippen LogP contribution in [0.2, 0.25) is 0 Å². The summed E-state index contributed by atoms with van der Waals surface area (Å²) < 4.78 is 0. The molecule has 0 unspecified atom stereocenters. The van der Waals surface area contributed by atoms with Crippen molar-refractivity contribution in [1.82, 2.24) is 0 Å². The summed E-state index contributed by atoms with van der Waals surface area (Å²) in [5.41, 5.74) is 49.2. The molecular weight excluding hydrogens is 845 g/mol. The van der Waals surface area contributed by atoms with E-state index in [4.69, 9.17) is 0 Å². The number of anilines is 6. The lowest BCUT2D eigenvalue weighted by atomic mass is 9.52. The average Bonchev–Trinajstić information content (AvgIpc) is 3.30. The van der Waals surface area contributed by atoms with E-state index in [2.05, 4.69) is 218 Å². The fourth-order valence-electron chi connectivity index (χ4n) is 13.7. The van der Waals surface area contributed by atoms with Crippen LogP contribution in [0.15, 0.2) is 0 Å². The molecule has 0 bridgehead atoms. The molecule has 0 amide bonds. The molecule has 0 atom stereocenters. The Bertz CT molecular complexity index is 2820. The predicted molar refractivity (Wildman–Crippen MR) is 310 cm³/mol. The van der Waals surface area contributed by atoms with Crippen molar-refractivity contribution in [3.63, 3.8) is 0 Å². The second-order valence-corrected chi connectivity index (χ2v) is 23.8. The van der Waals surface area contributed by atoms with Crippen LogP contribution in [-0.4, -0.2) is 0 Å². The highest BCUT2D eigenvalue weighted by Crippen LogP contribution is 2.63. The Kier molecular flexibility index (Phi) is 13.0. The quantitative estimate of drug-likeness (QED) is 0.164. The van der Waals surface area contributed by atoms with Gasteiger partial charge in [-0.15, -0.1) is 0 Å². The van der Waals surface area contributed by atoms with Crippen LogP contribution < -0.4 is 9.80 Å². The van der Waals surface area contributed by atoms with E-state index in [0.717, 1.165) is 0 Å². The molecule has 7 rings (SSSR count). The van der Waals surface area contributed by atoms with Crippen LogP contribution in [0.25, 0.3) is 11.1 Å². The molecule has 6 aromatic rings. The minimum atomic E-state index is -0.259. The lowest BCUT2D eigenvalue weighted by molar-refractivity contribution is 0.296. The van der Waals surface area contributed by atoms with Gasteiger partial charge in [-0.2, -0.15) is 0 Å². The van der Waals surface area contributed by atoms with E-state index in [0.29, 0.717) is 0 Å². The van der Waals surface area contributed by atoms with E-state index in [-0.39, 0.29) is 10.8 Å². The summed E-state index contributed by atoms with van der Waals surface area (Å²) in [6.45, 7) is 71.8. The summed E-state index contributed by atoms with van der Waals surface area (Å²) in [4.78, 5) is 5.50. The van der Waals surface area contributed by atoms with Gasteiger partial charge in [0.2, 0.25) is 0 Å². The standard InChI is InChI=1S/C68H90N2/c1-31-35(5)45(15)61(46(16)36(31)6)69(62-47(17)37(7)32(2)38(8)48(62)18)65-53(23)43(13)57-58-44(14)54(24)66(56(26)60(58)68(29,30)67(27,28)59(57)55(65)25)70(63-49(19)39(9)33(3)40(10)50(63)20)64-51(21)41(11)34(4)42(12)52(64)22/h1-30H3. The number of hydrogen-bond donors (Lipinski definition) is 0. The lowest BCUT2D eigenvalue weighted by Crippen LogP contribution is -2.45. The zero-order chi connectivity index (χ0) is 52.9. The molecule has 0 N–H and O–H groups in total. The van der Waals surface area contributed by atoms with Gasteiger partial charge in [-0.3, -0.25) is 0 Å². The van der Waals surface area contributed by atoms with E-state index in [1.54, 1.807) is 0 Å². The Morgan fingerprint density at radius 2 is 0.300 bits per heavy atom. The Morgan fingerprint density at radius 1 is 0.171 bits per heavy atom. The van der Waals surface area contributed by atoms with Crippen LogP contribution in [0.4, 0.5) is 34.1 Å². The van der Waals surface area contributed by atoms with E-state index in [1.807, 2.05) is 0 Å². The highest BCUT2D eigenvalue weighted by atomic mass is 15.2. The molecule has 6 aromatic carbocycles. The van der Waals surface area contributed by atoms with E-state index in [1.165, 1.54) is 201 Å². The SMILES string of the molecule is Cc1c(C)c(C)c(N(c2c(C)c(C)c(C)c(C)c2C)c2c(C)c(C)c3c(c2C)C(C)(C)C(C)(C)c2c(C)c(N(c4c(C)c(C)c(C)c(C)c4C)c4c(C)c(C)c(C)c(C)c4C)c(C)c(C)c2-3)c(C)c1C. The van der Waals surface area contributed by atoms with E-state index in [9.17, 15) is 0 Å². The Labute approximate surface area is 427 Å². The fraction of sp³-hybridized carbons (Fsp3) is 0.471. The molecule has 1 aliphatic carbocycles. The third kappa shape index (κ3) is 6.83. The van der Waals surface area contributed by atoms with Crippen molar-refractivity contribution >= 4 is 34.1 Å². The molecule has 0 saturated carbocycles. The number of fused-ring (bicyclic) bond motifs is 3. The summed E-state index contributed by atoms with van der Waals surface area (Å²) in [5, 5.41) is 0. The minimum Gasteiger partial charge on any atom is -0.309 e. The number of hydrogen-bond acceptors (Lipinski definition) is 2. The summed E-state index contributed by atoms with van der Waals surface area (Å²) in [7, 11) is 0. The summed E-state index contributed by atoms with van der Waals surface area (Å²) in [6.07, 6.45) is 0. The summed E-state index contributed by atoms with van der Waals surface area (Å²) in [5.74, 6) is 0. The van der Waals surface area contributed by atoms with E-state index < -0.39 is 0 Å². The van der Waals surface area contributed by atoms with Crippen LogP contribution in [0.1, 0.15) is 183 Å². The maximum Gasteiger partial charge on any atom is 0.0526 e. The van der Waals surface area contributed by atoms with Crippen LogP contribution in [0, 0.1) is 180 Å². The van der Waals surface area contributed by atoms with Gasteiger partial charge < -0.3 is 9.80 Å². The Balaban J connectivity index is 1.71. The van der Waals surface area contributed by atoms with Gasteiger partial charge in [0.25, 0.3) is 0 Å².